The normalized spacial score (nSPS) is 26.4. The summed E-state index contributed by atoms with van der Waals surface area (Å²) in [4.78, 5) is 25.1. The van der Waals surface area contributed by atoms with E-state index in [0.717, 1.165) is 0 Å². The molecule has 0 saturated carbocycles. The molecule has 2 fully saturated rings. The molecule has 0 aromatic rings. The molecule has 0 aromatic heterocycles. The minimum absolute atomic E-state index is 0.00968. The van der Waals surface area contributed by atoms with Gasteiger partial charge in [-0.15, -0.1) is 11.8 Å². The smallest absolute Gasteiger partial charge is 0.323 e. The van der Waals surface area contributed by atoms with E-state index < -0.39 is 6.04 Å². The van der Waals surface area contributed by atoms with E-state index in [9.17, 15) is 9.59 Å². The lowest BCUT2D eigenvalue weighted by molar-refractivity contribution is -0.143. The van der Waals surface area contributed by atoms with Crippen molar-refractivity contribution in [1.29, 1.82) is 0 Å². The first-order valence-corrected chi connectivity index (χ1v) is 7.41. The molecule has 0 aromatic carbocycles. The summed E-state index contributed by atoms with van der Waals surface area (Å²) in [6, 6.07) is -0.716. The molecule has 19 heavy (non-hydrogen) atoms. The molecule has 2 aliphatic heterocycles. The van der Waals surface area contributed by atoms with Gasteiger partial charge < -0.3 is 15.4 Å². The monoisotopic (exact) mass is 287 g/mol. The van der Waals surface area contributed by atoms with Gasteiger partial charge in [-0.25, -0.2) is 0 Å². The van der Waals surface area contributed by atoms with Crippen LogP contribution >= 0.6 is 11.8 Å². The van der Waals surface area contributed by atoms with Gasteiger partial charge in [-0.05, 0) is 5.92 Å². The number of esters is 1. The first kappa shape index (κ1) is 14.6. The van der Waals surface area contributed by atoms with Crippen LogP contribution in [0, 0.1) is 5.92 Å². The van der Waals surface area contributed by atoms with Gasteiger partial charge in [0.25, 0.3) is 0 Å². The highest BCUT2D eigenvalue weighted by Crippen LogP contribution is 2.38. The number of ether oxygens (including phenoxy) is 1. The predicted molar refractivity (Wildman–Crippen MR) is 73.5 cm³/mol. The number of carbonyl (C=O) groups excluding carboxylic acids is 2. The average Bonchev–Trinajstić information content (AvgIpc) is 2.79. The van der Waals surface area contributed by atoms with Crippen molar-refractivity contribution in [2.45, 2.75) is 30.8 Å². The summed E-state index contributed by atoms with van der Waals surface area (Å²) in [5, 5.41) is 3.26. The molecule has 2 aliphatic rings. The van der Waals surface area contributed by atoms with Crippen molar-refractivity contribution >= 4 is 23.6 Å². The Morgan fingerprint density at radius 2 is 2.11 bits per heavy atom. The molecular weight excluding hydrogens is 266 g/mol. The Balaban J connectivity index is 1.86. The molecule has 2 rings (SSSR count). The summed E-state index contributed by atoms with van der Waals surface area (Å²) in [6.45, 7) is 5.08. The lowest BCUT2D eigenvalue weighted by atomic mass is 10.00. The van der Waals surface area contributed by atoms with E-state index in [4.69, 9.17) is 10.5 Å². The molecule has 0 unspecified atom stereocenters. The molecule has 108 valence electrons. The highest BCUT2D eigenvalue weighted by molar-refractivity contribution is 8.01. The number of nitrogens with zero attached hydrogens (tertiary/aromatic N) is 1. The summed E-state index contributed by atoms with van der Waals surface area (Å²) in [5.74, 6) is 0.568. The molecule has 1 amide bonds. The van der Waals surface area contributed by atoms with Gasteiger partial charge in [-0.3, -0.25) is 14.9 Å². The molecule has 1 spiro atoms. The zero-order valence-electron chi connectivity index (χ0n) is 11.5. The van der Waals surface area contributed by atoms with Crippen LogP contribution in [-0.2, 0) is 14.3 Å². The number of rotatable bonds is 3. The fourth-order valence-corrected chi connectivity index (χ4v) is 3.74. The Hall–Kier alpha value is -0.790. The van der Waals surface area contributed by atoms with Crippen LogP contribution < -0.4 is 11.1 Å². The van der Waals surface area contributed by atoms with Crippen molar-refractivity contribution in [3.63, 3.8) is 0 Å². The molecule has 7 heteroatoms. The van der Waals surface area contributed by atoms with Gasteiger partial charge in [0.2, 0.25) is 5.91 Å². The largest absolute Gasteiger partial charge is 0.468 e. The van der Waals surface area contributed by atoms with Crippen LogP contribution in [-0.4, -0.2) is 59.7 Å². The van der Waals surface area contributed by atoms with E-state index in [-0.39, 0.29) is 28.7 Å². The fourth-order valence-electron chi connectivity index (χ4n) is 2.32. The number of methoxy groups -OCH3 is 1. The molecule has 2 heterocycles. The summed E-state index contributed by atoms with van der Waals surface area (Å²) < 4.78 is 4.72. The van der Waals surface area contributed by atoms with Gasteiger partial charge in [0, 0.05) is 5.75 Å². The summed E-state index contributed by atoms with van der Waals surface area (Å²) >= 11 is 1.68. The highest BCUT2D eigenvalue weighted by atomic mass is 32.2. The summed E-state index contributed by atoms with van der Waals surface area (Å²) in [7, 11) is 1.39. The fraction of sp³-hybridized carbons (Fsp3) is 0.833. The minimum atomic E-state index is -0.444. The topological polar surface area (TPSA) is 84.7 Å². The Morgan fingerprint density at radius 3 is 2.63 bits per heavy atom. The van der Waals surface area contributed by atoms with Crippen molar-refractivity contribution in [3.05, 3.63) is 0 Å². The van der Waals surface area contributed by atoms with E-state index in [2.05, 4.69) is 5.32 Å². The lowest BCUT2D eigenvalue weighted by Gasteiger charge is -2.48. The van der Waals surface area contributed by atoms with Crippen molar-refractivity contribution in [2.24, 2.45) is 11.7 Å². The average molecular weight is 287 g/mol. The van der Waals surface area contributed by atoms with E-state index in [1.807, 2.05) is 13.8 Å². The number of thioether (sulfide) groups is 1. The van der Waals surface area contributed by atoms with E-state index >= 15 is 0 Å². The maximum atomic E-state index is 12.1. The number of hydrogen-bond donors (Lipinski definition) is 2. The standard InChI is InChI=1S/C12H21N3O3S/c1-7(2)9(13)10(16)15-5-12(6-15)14-8(4-19-12)11(17)18-3/h7-9,14H,4-6,13H2,1-3H3/t8-,9-/m0/s1. The van der Waals surface area contributed by atoms with E-state index in [1.54, 1.807) is 16.7 Å². The third-order valence-electron chi connectivity index (χ3n) is 3.66. The lowest BCUT2D eigenvalue weighted by Crippen LogP contribution is -2.69. The highest BCUT2D eigenvalue weighted by Gasteiger charge is 2.52. The first-order valence-electron chi connectivity index (χ1n) is 6.42. The van der Waals surface area contributed by atoms with Crippen LogP contribution in [0.2, 0.25) is 0 Å². The number of amides is 1. The summed E-state index contributed by atoms with van der Waals surface area (Å²) in [6.07, 6.45) is 0. The van der Waals surface area contributed by atoms with Crippen LogP contribution in [0.4, 0.5) is 0 Å². The van der Waals surface area contributed by atoms with Crippen molar-refractivity contribution in [1.82, 2.24) is 10.2 Å². The first-order chi connectivity index (χ1) is 8.88. The second-order valence-corrected chi connectivity index (χ2v) is 6.89. The van der Waals surface area contributed by atoms with Gasteiger partial charge in [-0.1, -0.05) is 13.8 Å². The van der Waals surface area contributed by atoms with Gasteiger partial charge >= 0.3 is 5.97 Å². The molecule has 3 N–H and O–H groups in total. The number of carbonyl (C=O) groups is 2. The predicted octanol–water partition coefficient (Wildman–Crippen LogP) is -0.614. The second kappa shape index (κ2) is 5.30. The molecule has 0 radical (unpaired) electrons. The Kier molecular flexibility index (Phi) is 4.08. The van der Waals surface area contributed by atoms with Crippen molar-refractivity contribution < 1.29 is 14.3 Å². The van der Waals surface area contributed by atoms with Crippen LogP contribution in [0.1, 0.15) is 13.8 Å². The maximum absolute atomic E-state index is 12.1. The maximum Gasteiger partial charge on any atom is 0.323 e. The zero-order chi connectivity index (χ0) is 14.2. The number of hydrogen-bond acceptors (Lipinski definition) is 6. The SMILES string of the molecule is COC(=O)[C@@H]1CSC2(CN(C(=O)[C@@H](N)C(C)C)C2)N1. The molecule has 6 nitrogen and oxygen atoms in total. The van der Waals surface area contributed by atoms with Crippen LogP contribution in [0.3, 0.4) is 0 Å². The third kappa shape index (κ3) is 2.73. The number of nitrogens with two attached hydrogens (primary N) is 1. The molecule has 0 aliphatic carbocycles. The van der Waals surface area contributed by atoms with Gasteiger partial charge in [0.15, 0.2) is 0 Å². The van der Waals surface area contributed by atoms with Crippen molar-refractivity contribution in [3.8, 4) is 0 Å². The van der Waals surface area contributed by atoms with Crippen LogP contribution in [0.25, 0.3) is 0 Å². The van der Waals surface area contributed by atoms with E-state index in [0.29, 0.717) is 18.8 Å². The third-order valence-corrected chi connectivity index (χ3v) is 5.09. The Morgan fingerprint density at radius 1 is 1.47 bits per heavy atom. The minimum Gasteiger partial charge on any atom is -0.468 e. The molecule has 2 saturated heterocycles. The van der Waals surface area contributed by atoms with Gasteiger partial charge in [-0.2, -0.15) is 0 Å². The molecule has 0 bridgehead atoms. The van der Waals surface area contributed by atoms with Crippen LogP contribution in [0.5, 0.6) is 0 Å². The quantitative estimate of drug-likeness (QED) is 0.673. The Bertz CT molecular complexity index is 382. The molecular formula is C12H21N3O3S. The summed E-state index contributed by atoms with van der Waals surface area (Å²) in [5.41, 5.74) is 5.86. The van der Waals surface area contributed by atoms with Crippen LogP contribution in [0.15, 0.2) is 0 Å². The van der Waals surface area contributed by atoms with Crippen molar-refractivity contribution in [2.75, 3.05) is 26.0 Å². The number of likely N-dealkylation sites (tertiary alicyclic amines) is 1. The second-order valence-electron chi connectivity index (χ2n) is 5.49. The number of nitrogens with one attached hydrogen (secondary N) is 1. The zero-order valence-corrected chi connectivity index (χ0v) is 12.3. The molecule has 2 atom stereocenters. The van der Waals surface area contributed by atoms with E-state index in [1.165, 1.54) is 7.11 Å². The Labute approximate surface area is 117 Å². The van der Waals surface area contributed by atoms with Gasteiger partial charge in [0.1, 0.15) is 10.9 Å². The van der Waals surface area contributed by atoms with Gasteiger partial charge in [0.05, 0.1) is 26.2 Å².